The van der Waals surface area contributed by atoms with Crippen LogP contribution in [0.15, 0.2) is 24.3 Å². The summed E-state index contributed by atoms with van der Waals surface area (Å²) in [5, 5.41) is 16.1. The molecule has 0 saturated heterocycles. The number of esters is 1. The Balaban J connectivity index is 1.91. The summed E-state index contributed by atoms with van der Waals surface area (Å²) in [4.78, 5) is 11.8. The van der Waals surface area contributed by atoms with Gasteiger partial charge in [0.25, 0.3) is 0 Å². The van der Waals surface area contributed by atoms with E-state index in [4.69, 9.17) is 4.74 Å². The van der Waals surface area contributed by atoms with E-state index in [1.54, 1.807) is 23.7 Å². The van der Waals surface area contributed by atoms with Crippen molar-refractivity contribution in [1.29, 1.82) is 0 Å². The lowest BCUT2D eigenvalue weighted by Crippen LogP contribution is -2.46. The maximum absolute atomic E-state index is 11.8. The molecule has 1 aliphatic carbocycles. The molecule has 0 unspecified atom stereocenters. The van der Waals surface area contributed by atoms with Crippen LogP contribution in [0.5, 0.6) is 0 Å². The number of nitrogens with zero attached hydrogens (tertiary/aromatic N) is 4. The smallest absolute Gasteiger partial charge is 0.338 e. The van der Waals surface area contributed by atoms with Gasteiger partial charge in [-0.25, -0.2) is 4.79 Å². The van der Waals surface area contributed by atoms with E-state index in [1.165, 1.54) is 19.3 Å². The van der Waals surface area contributed by atoms with Gasteiger partial charge in [0.05, 0.1) is 23.4 Å². The number of carbonyl (C=O) groups excluding carboxylic acids is 1. The fourth-order valence-corrected chi connectivity index (χ4v) is 3.59. The van der Waals surface area contributed by atoms with E-state index in [0.29, 0.717) is 12.2 Å². The molecule has 0 radical (unpaired) electrons. The van der Waals surface area contributed by atoms with Crippen LogP contribution in [-0.4, -0.2) is 39.3 Å². The molecule has 1 N–H and O–H groups in total. The van der Waals surface area contributed by atoms with Gasteiger partial charge in [0.15, 0.2) is 5.82 Å². The molecular formula is C18H25N5O2. The number of hydrogen-bond acceptors (Lipinski definition) is 6. The van der Waals surface area contributed by atoms with Crippen LogP contribution in [0, 0.1) is 0 Å². The standard InChI is InChI=1S/C18H25N5O2/c1-3-19-18(12-6-5-7-13-18)17-20-21-22-23(17)15-10-8-14(9-11-15)16(24)25-4-2/h8-11,19H,3-7,12-13H2,1-2H3. The number of nitrogens with one attached hydrogen (secondary N) is 1. The van der Waals surface area contributed by atoms with Crippen molar-refractivity contribution >= 4 is 5.97 Å². The van der Waals surface area contributed by atoms with Gasteiger partial charge in [-0.2, -0.15) is 4.68 Å². The lowest BCUT2D eigenvalue weighted by atomic mass is 9.81. The molecule has 1 fully saturated rings. The zero-order valence-electron chi connectivity index (χ0n) is 14.9. The van der Waals surface area contributed by atoms with Crippen molar-refractivity contribution < 1.29 is 9.53 Å². The van der Waals surface area contributed by atoms with E-state index in [-0.39, 0.29) is 11.5 Å². The summed E-state index contributed by atoms with van der Waals surface area (Å²) in [7, 11) is 0. The van der Waals surface area contributed by atoms with Crippen LogP contribution < -0.4 is 5.32 Å². The number of ether oxygens (including phenoxy) is 1. The Bertz CT molecular complexity index is 699. The van der Waals surface area contributed by atoms with Gasteiger partial charge in [0, 0.05) is 0 Å². The van der Waals surface area contributed by atoms with Crippen molar-refractivity contribution in [3.8, 4) is 5.69 Å². The second-order valence-corrected chi connectivity index (χ2v) is 6.35. The average molecular weight is 343 g/mol. The van der Waals surface area contributed by atoms with Gasteiger partial charge in [-0.05, 0) is 61.0 Å². The van der Waals surface area contributed by atoms with Crippen molar-refractivity contribution in [2.45, 2.75) is 51.5 Å². The first-order valence-electron chi connectivity index (χ1n) is 9.01. The summed E-state index contributed by atoms with van der Waals surface area (Å²) in [6.07, 6.45) is 5.65. The molecule has 1 aromatic carbocycles. The fraction of sp³-hybridized carbons (Fsp3) is 0.556. The largest absolute Gasteiger partial charge is 0.462 e. The minimum Gasteiger partial charge on any atom is -0.462 e. The Kier molecular flexibility index (Phi) is 5.43. The Hall–Kier alpha value is -2.28. The monoisotopic (exact) mass is 343 g/mol. The highest BCUT2D eigenvalue weighted by atomic mass is 16.5. The fourth-order valence-electron chi connectivity index (χ4n) is 3.59. The topological polar surface area (TPSA) is 81.9 Å². The number of carbonyl (C=O) groups is 1. The number of rotatable bonds is 6. The molecule has 1 saturated carbocycles. The number of hydrogen-bond donors (Lipinski definition) is 1. The zero-order valence-corrected chi connectivity index (χ0v) is 14.9. The van der Waals surface area contributed by atoms with Gasteiger partial charge in [-0.1, -0.05) is 26.2 Å². The molecule has 0 amide bonds. The van der Waals surface area contributed by atoms with Crippen molar-refractivity contribution in [2.24, 2.45) is 0 Å². The number of aromatic nitrogens is 4. The van der Waals surface area contributed by atoms with Crippen LogP contribution in [0.25, 0.3) is 5.69 Å². The molecule has 0 bridgehead atoms. The molecule has 3 rings (SSSR count). The summed E-state index contributed by atoms with van der Waals surface area (Å²) in [6, 6.07) is 7.21. The van der Waals surface area contributed by atoms with Gasteiger partial charge < -0.3 is 10.1 Å². The Morgan fingerprint density at radius 2 is 1.92 bits per heavy atom. The molecule has 0 aliphatic heterocycles. The number of benzene rings is 1. The third-order valence-electron chi connectivity index (χ3n) is 4.74. The minimum absolute atomic E-state index is 0.184. The third-order valence-corrected chi connectivity index (χ3v) is 4.74. The first-order chi connectivity index (χ1) is 12.2. The van der Waals surface area contributed by atoms with Crippen LogP contribution >= 0.6 is 0 Å². The molecule has 0 spiro atoms. The Morgan fingerprint density at radius 3 is 2.56 bits per heavy atom. The van der Waals surface area contributed by atoms with Crippen molar-refractivity contribution in [3.05, 3.63) is 35.7 Å². The van der Waals surface area contributed by atoms with Crippen molar-refractivity contribution in [3.63, 3.8) is 0 Å². The molecule has 0 atom stereocenters. The lowest BCUT2D eigenvalue weighted by molar-refractivity contribution is 0.0526. The first-order valence-corrected chi connectivity index (χ1v) is 9.01. The van der Waals surface area contributed by atoms with E-state index < -0.39 is 0 Å². The van der Waals surface area contributed by atoms with Crippen LogP contribution in [0.2, 0.25) is 0 Å². The summed E-state index contributed by atoms with van der Waals surface area (Å²) in [6.45, 7) is 5.14. The van der Waals surface area contributed by atoms with Gasteiger partial charge in [0.2, 0.25) is 0 Å². The van der Waals surface area contributed by atoms with E-state index in [9.17, 15) is 4.79 Å². The maximum Gasteiger partial charge on any atom is 0.338 e. The van der Waals surface area contributed by atoms with Gasteiger partial charge in [0.1, 0.15) is 0 Å². The van der Waals surface area contributed by atoms with E-state index in [0.717, 1.165) is 30.9 Å². The summed E-state index contributed by atoms with van der Waals surface area (Å²) >= 11 is 0. The Labute approximate surface area is 147 Å². The lowest BCUT2D eigenvalue weighted by Gasteiger charge is -2.36. The Morgan fingerprint density at radius 1 is 1.20 bits per heavy atom. The molecule has 1 aliphatic rings. The molecule has 1 heterocycles. The normalized spacial score (nSPS) is 16.6. The molecule has 2 aromatic rings. The first kappa shape index (κ1) is 17.5. The van der Waals surface area contributed by atoms with Gasteiger partial charge in [-0.15, -0.1) is 5.10 Å². The predicted octanol–water partition coefficient (Wildman–Crippen LogP) is 2.61. The van der Waals surface area contributed by atoms with E-state index >= 15 is 0 Å². The molecule has 134 valence electrons. The highest BCUT2D eigenvalue weighted by molar-refractivity contribution is 5.89. The predicted molar refractivity (Wildman–Crippen MR) is 93.6 cm³/mol. The highest BCUT2D eigenvalue weighted by Gasteiger charge is 2.38. The molecule has 7 heteroatoms. The quantitative estimate of drug-likeness (QED) is 0.812. The number of tetrazole rings is 1. The second-order valence-electron chi connectivity index (χ2n) is 6.35. The molecule has 7 nitrogen and oxygen atoms in total. The molecule has 1 aromatic heterocycles. The van der Waals surface area contributed by atoms with E-state index in [1.807, 2.05) is 12.1 Å². The average Bonchev–Trinajstić information content (AvgIpc) is 3.14. The second kappa shape index (κ2) is 7.74. The summed E-state index contributed by atoms with van der Waals surface area (Å²) < 4.78 is 6.81. The minimum atomic E-state index is -0.317. The van der Waals surface area contributed by atoms with Gasteiger partial charge >= 0.3 is 5.97 Å². The van der Waals surface area contributed by atoms with Crippen LogP contribution in [0.1, 0.15) is 62.1 Å². The molecular weight excluding hydrogens is 318 g/mol. The summed E-state index contributed by atoms with van der Waals surface area (Å²) in [5.74, 6) is 0.528. The summed E-state index contributed by atoms with van der Waals surface area (Å²) in [5.41, 5.74) is 1.19. The zero-order chi connectivity index (χ0) is 17.7. The maximum atomic E-state index is 11.8. The van der Waals surface area contributed by atoms with Crippen LogP contribution in [-0.2, 0) is 10.3 Å². The van der Waals surface area contributed by atoms with Crippen molar-refractivity contribution in [2.75, 3.05) is 13.2 Å². The van der Waals surface area contributed by atoms with Crippen LogP contribution in [0.3, 0.4) is 0 Å². The van der Waals surface area contributed by atoms with Crippen molar-refractivity contribution in [1.82, 2.24) is 25.5 Å². The third kappa shape index (κ3) is 3.56. The SMILES string of the molecule is CCNC1(c2nnnn2-c2ccc(C(=O)OCC)cc2)CCCCC1. The van der Waals surface area contributed by atoms with Crippen LogP contribution in [0.4, 0.5) is 0 Å². The molecule has 25 heavy (non-hydrogen) atoms. The van der Waals surface area contributed by atoms with E-state index in [2.05, 4.69) is 27.8 Å². The van der Waals surface area contributed by atoms with Gasteiger partial charge in [-0.3, -0.25) is 0 Å². The highest BCUT2D eigenvalue weighted by Crippen LogP contribution is 2.36.